The molecule has 0 aromatic rings. The second-order valence-electron chi connectivity index (χ2n) is 1.28. The van der Waals surface area contributed by atoms with E-state index in [0.717, 1.165) is 17.8 Å². The van der Waals surface area contributed by atoms with Gasteiger partial charge in [0.2, 0.25) is 0 Å². The van der Waals surface area contributed by atoms with Crippen molar-refractivity contribution in [1.82, 2.24) is 5.32 Å². The summed E-state index contributed by atoms with van der Waals surface area (Å²) in [6, 6.07) is 0. The standard InChI is InChI=1S/C3H6N2OS/c1-2-4-3(6)7-5-2/h3,6H,1H3,(H,4,5). The lowest BCUT2D eigenvalue weighted by Crippen LogP contribution is -2.23. The molecular formula is C3H6N2OS. The third-order valence-corrected chi connectivity index (χ3v) is 1.32. The van der Waals surface area contributed by atoms with Gasteiger partial charge in [-0.3, -0.25) is 0 Å². The quantitative estimate of drug-likeness (QED) is 0.438. The Morgan fingerprint density at radius 2 is 2.71 bits per heavy atom. The number of amidine groups is 1. The highest BCUT2D eigenvalue weighted by Gasteiger charge is 2.09. The maximum Gasteiger partial charge on any atom is 0.195 e. The molecule has 4 heteroatoms. The molecule has 1 aliphatic rings. The van der Waals surface area contributed by atoms with Crippen molar-refractivity contribution >= 4 is 17.8 Å². The van der Waals surface area contributed by atoms with Crippen LogP contribution >= 0.6 is 11.9 Å². The lowest BCUT2D eigenvalue weighted by Gasteiger charge is -1.96. The summed E-state index contributed by atoms with van der Waals surface area (Å²) in [5, 5.41) is 11.3. The second kappa shape index (κ2) is 1.71. The molecule has 0 aromatic heterocycles. The predicted molar refractivity (Wildman–Crippen MR) is 29.8 cm³/mol. The van der Waals surface area contributed by atoms with Crippen molar-refractivity contribution in [1.29, 1.82) is 0 Å². The van der Waals surface area contributed by atoms with E-state index >= 15 is 0 Å². The largest absolute Gasteiger partial charge is 0.363 e. The van der Waals surface area contributed by atoms with Gasteiger partial charge in [-0.05, 0) is 6.92 Å². The number of nitrogens with one attached hydrogen (secondary N) is 1. The fourth-order valence-corrected chi connectivity index (χ4v) is 0.894. The Balaban J connectivity index is 2.42. The van der Waals surface area contributed by atoms with Crippen molar-refractivity contribution in [2.45, 2.75) is 12.5 Å². The molecule has 0 amide bonds. The molecule has 0 spiro atoms. The van der Waals surface area contributed by atoms with Crippen LogP contribution in [0.1, 0.15) is 6.92 Å². The Hall–Kier alpha value is -0.220. The van der Waals surface area contributed by atoms with Gasteiger partial charge >= 0.3 is 0 Å². The zero-order valence-corrected chi connectivity index (χ0v) is 4.70. The Labute approximate surface area is 46.0 Å². The number of hydrogen-bond acceptors (Lipinski definition) is 4. The van der Waals surface area contributed by atoms with Gasteiger partial charge in [-0.15, -0.1) is 0 Å². The first kappa shape index (κ1) is 4.93. The minimum Gasteiger partial charge on any atom is -0.363 e. The van der Waals surface area contributed by atoms with Gasteiger partial charge in [0.25, 0.3) is 0 Å². The molecule has 0 radical (unpaired) electrons. The van der Waals surface area contributed by atoms with Gasteiger partial charge in [0.15, 0.2) is 5.56 Å². The first-order valence-corrected chi connectivity index (χ1v) is 2.78. The topological polar surface area (TPSA) is 44.6 Å². The molecule has 1 rings (SSSR count). The van der Waals surface area contributed by atoms with Crippen LogP contribution in [0.5, 0.6) is 0 Å². The highest BCUT2D eigenvalue weighted by Crippen LogP contribution is 2.12. The molecule has 3 nitrogen and oxygen atoms in total. The molecule has 0 fully saturated rings. The Kier molecular flexibility index (Phi) is 1.21. The summed E-state index contributed by atoms with van der Waals surface area (Å²) in [6.45, 7) is 1.81. The van der Waals surface area contributed by atoms with Crippen LogP contribution < -0.4 is 5.32 Å². The Morgan fingerprint density at radius 1 is 2.00 bits per heavy atom. The molecule has 1 atom stereocenters. The van der Waals surface area contributed by atoms with Gasteiger partial charge in [0, 0.05) is 11.9 Å². The predicted octanol–water partition coefficient (Wildman–Crippen LogP) is -0.0679. The van der Waals surface area contributed by atoms with E-state index in [1.165, 1.54) is 0 Å². The zero-order valence-electron chi connectivity index (χ0n) is 3.88. The van der Waals surface area contributed by atoms with E-state index in [1.807, 2.05) is 6.92 Å². The Morgan fingerprint density at radius 3 is 2.86 bits per heavy atom. The average Bonchev–Trinajstić information content (AvgIpc) is 1.87. The van der Waals surface area contributed by atoms with E-state index in [0.29, 0.717) is 0 Å². The minimum absolute atomic E-state index is 0.514. The van der Waals surface area contributed by atoms with Crippen LogP contribution in [0.3, 0.4) is 0 Å². The van der Waals surface area contributed by atoms with Crippen molar-refractivity contribution < 1.29 is 5.11 Å². The zero-order chi connectivity index (χ0) is 5.28. The molecule has 1 heterocycles. The SMILES string of the molecule is CC1=NSC(O)N1. The number of rotatable bonds is 0. The number of aliphatic hydroxyl groups is 1. The molecule has 0 saturated heterocycles. The lowest BCUT2D eigenvalue weighted by atomic mass is 10.7. The second-order valence-corrected chi connectivity index (χ2v) is 2.12. The van der Waals surface area contributed by atoms with Gasteiger partial charge in [-0.1, -0.05) is 0 Å². The van der Waals surface area contributed by atoms with Gasteiger partial charge in [-0.2, -0.15) is 4.40 Å². The summed E-state index contributed by atoms with van der Waals surface area (Å²) in [4.78, 5) is 0. The van der Waals surface area contributed by atoms with E-state index in [-0.39, 0.29) is 0 Å². The molecule has 1 aliphatic heterocycles. The van der Waals surface area contributed by atoms with E-state index in [9.17, 15) is 0 Å². The van der Waals surface area contributed by atoms with Gasteiger partial charge in [-0.25, -0.2) is 0 Å². The summed E-state index contributed by atoms with van der Waals surface area (Å²) < 4.78 is 3.79. The average molecular weight is 118 g/mol. The van der Waals surface area contributed by atoms with Gasteiger partial charge in [0.05, 0.1) is 0 Å². The van der Waals surface area contributed by atoms with E-state index in [1.54, 1.807) is 0 Å². The van der Waals surface area contributed by atoms with Crippen LogP contribution in [0, 0.1) is 0 Å². The number of hydrogen-bond donors (Lipinski definition) is 2. The molecule has 7 heavy (non-hydrogen) atoms. The summed E-state index contributed by atoms with van der Waals surface area (Å²) in [5.74, 6) is 0.789. The molecule has 0 aromatic carbocycles. The van der Waals surface area contributed by atoms with E-state index in [2.05, 4.69) is 9.71 Å². The monoisotopic (exact) mass is 118 g/mol. The highest BCUT2D eigenvalue weighted by atomic mass is 32.2. The molecule has 2 N–H and O–H groups in total. The summed E-state index contributed by atoms with van der Waals surface area (Å²) in [6.07, 6.45) is 0. The molecule has 0 bridgehead atoms. The van der Waals surface area contributed by atoms with Crippen LogP contribution in [-0.2, 0) is 0 Å². The molecule has 0 saturated carbocycles. The molecule has 1 unspecified atom stereocenters. The summed E-state index contributed by atoms with van der Waals surface area (Å²) >= 11 is 1.14. The highest BCUT2D eigenvalue weighted by molar-refractivity contribution is 7.98. The third-order valence-electron chi connectivity index (χ3n) is 0.622. The van der Waals surface area contributed by atoms with Crippen LogP contribution in [0.4, 0.5) is 0 Å². The van der Waals surface area contributed by atoms with Crippen molar-refractivity contribution in [3.63, 3.8) is 0 Å². The maximum atomic E-state index is 8.64. The van der Waals surface area contributed by atoms with Gasteiger partial charge in [0.1, 0.15) is 5.84 Å². The van der Waals surface area contributed by atoms with Crippen LogP contribution in [0.2, 0.25) is 0 Å². The van der Waals surface area contributed by atoms with Crippen molar-refractivity contribution in [2.75, 3.05) is 0 Å². The molecular weight excluding hydrogens is 112 g/mol. The van der Waals surface area contributed by atoms with Crippen molar-refractivity contribution in [3.05, 3.63) is 0 Å². The normalized spacial score (nSPS) is 29.4. The summed E-state index contributed by atoms with van der Waals surface area (Å²) in [5.41, 5.74) is -0.514. The fraction of sp³-hybridized carbons (Fsp3) is 0.667. The third kappa shape index (κ3) is 1.07. The van der Waals surface area contributed by atoms with E-state index in [4.69, 9.17) is 5.11 Å². The maximum absolute atomic E-state index is 8.64. The van der Waals surface area contributed by atoms with Gasteiger partial charge < -0.3 is 10.4 Å². The van der Waals surface area contributed by atoms with E-state index < -0.39 is 5.56 Å². The van der Waals surface area contributed by atoms with Crippen LogP contribution in [0.15, 0.2) is 4.40 Å². The first-order valence-electron chi connectivity index (χ1n) is 1.94. The number of nitrogens with zero attached hydrogens (tertiary/aromatic N) is 1. The molecule has 40 valence electrons. The molecule has 0 aliphatic carbocycles. The lowest BCUT2D eigenvalue weighted by molar-refractivity contribution is 0.253. The minimum atomic E-state index is -0.514. The van der Waals surface area contributed by atoms with Crippen molar-refractivity contribution in [3.8, 4) is 0 Å². The Bertz CT molecular complexity index is 103. The first-order chi connectivity index (χ1) is 3.29. The summed E-state index contributed by atoms with van der Waals surface area (Å²) in [7, 11) is 0. The number of aliphatic hydroxyl groups excluding tert-OH is 1. The van der Waals surface area contributed by atoms with Crippen molar-refractivity contribution in [2.24, 2.45) is 4.40 Å². The fourth-order valence-electron chi connectivity index (χ4n) is 0.360. The smallest absolute Gasteiger partial charge is 0.195 e. The van der Waals surface area contributed by atoms with Crippen LogP contribution in [0.25, 0.3) is 0 Å². The van der Waals surface area contributed by atoms with Crippen LogP contribution in [-0.4, -0.2) is 16.5 Å².